The maximum absolute atomic E-state index is 13.0. The van der Waals surface area contributed by atoms with Gasteiger partial charge in [0.1, 0.15) is 5.82 Å². The molecule has 0 aliphatic rings. The Morgan fingerprint density at radius 3 is 2.59 bits per heavy atom. The van der Waals surface area contributed by atoms with E-state index in [1.54, 1.807) is 13.8 Å². The van der Waals surface area contributed by atoms with Crippen LogP contribution >= 0.6 is 11.6 Å². The van der Waals surface area contributed by atoms with Gasteiger partial charge in [-0.15, -0.1) is 0 Å². The monoisotopic (exact) mass is 281 g/mol. The predicted octanol–water partition coefficient (Wildman–Crippen LogP) is 2.58. The minimum atomic E-state index is -3.63. The number of sulfonamides is 1. The summed E-state index contributed by atoms with van der Waals surface area (Å²) in [6.07, 6.45) is 0. The zero-order chi connectivity index (χ0) is 13.2. The average Bonchev–Trinajstić information content (AvgIpc) is 2.10. The highest BCUT2D eigenvalue weighted by atomic mass is 35.5. The van der Waals surface area contributed by atoms with Gasteiger partial charge in [0, 0.05) is 6.07 Å². The van der Waals surface area contributed by atoms with Crippen LogP contribution in [-0.2, 0) is 10.0 Å². The Bertz CT molecular complexity index is 517. The Morgan fingerprint density at radius 2 is 2.06 bits per heavy atom. The Balaban J connectivity index is 3.04. The zero-order valence-electron chi connectivity index (χ0n) is 9.37. The summed E-state index contributed by atoms with van der Waals surface area (Å²) in [6.45, 7) is 3.47. The van der Waals surface area contributed by atoms with Crippen molar-refractivity contribution in [2.45, 2.75) is 13.8 Å². The van der Waals surface area contributed by atoms with Gasteiger partial charge in [-0.25, -0.2) is 12.8 Å². The molecule has 0 bridgehead atoms. The summed E-state index contributed by atoms with van der Waals surface area (Å²) in [5.74, 6) is -1.42. The Hall–Kier alpha value is -1.01. The number of anilines is 1. The van der Waals surface area contributed by atoms with Crippen molar-refractivity contribution in [1.82, 2.24) is 0 Å². The van der Waals surface area contributed by atoms with Crippen LogP contribution in [0.1, 0.15) is 13.8 Å². The second kappa shape index (κ2) is 5.10. The van der Waals surface area contributed by atoms with Gasteiger partial charge in [-0.3, -0.25) is 4.72 Å². The highest BCUT2D eigenvalue weighted by Crippen LogP contribution is 2.33. The van der Waals surface area contributed by atoms with Crippen molar-refractivity contribution in [3.63, 3.8) is 0 Å². The topological polar surface area (TPSA) is 66.4 Å². The van der Waals surface area contributed by atoms with E-state index >= 15 is 0 Å². The van der Waals surface area contributed by atoms with Gasteiger partial charge >= 0.3 is 0 Å². The molecule has 0 aliphatic heterocycles. The molecule has 0 spiro atoms. The van der Waals surface area contributed by atoms with Crippen LogP contribution in [0.2, 0.25) is 5.02 Å². The number of benzene rings is 1. The number of phenolic OH excluding ortho intramolecular Hbond substituents is 1. The maximum atomic E-state index is 13.0. The third-order valence-corrected chi connectivity index (χ3v) is 3.77. The quantitative estimate of drug-likeness (QED) is 0.834. The standard InChI is InChI=1S/C10H13ClFNO3S/c1-6(2)5-17(15,16)13-9-4-7(12)3-8(11)10(9)14/h3-4,6,13-14H,5H2,1-2H3. The number of phenols is 1. The minimum absolute atomic E-state index is 0.0846. The van der Waals surface area contributed by atoms with Gasteiger partial charge in [-0.1, -0.05) is 25.4 Å². The van der Waals surface area contributed by atoms with Gasteiger partial charge in [0.25, 0.3) is 0 Å². The van der Waals surface area contributed by atoms with E-state index in [2.05, 4.69) is 4.72 Å². The third kappa shape index (κ3) is 4.05. The van der Waals surface area contributed by atoms with Crippen molar-refractivity contribution < 1.29 is 17.9 Å². The first-order valence-corrected chi connectivity index (χ1v) is 6.93. The first-order chi connectivity index (χ1) is 7.71. The third-order valence-electron chi connectivity index (χ3n) is 1.85. The fraction of sp³-hybridized carbons (Fsp3) is 0.400. The van der Waals surface area contributed by atoms with Gasteiger partial charge in [-0.2, -0.15) is 0 Å². The molecule has 0 aliphatic carbocycles. The molecule has 0 amide bonds. The molecule has 0 heterocycles. The SMILES string of the molecule is CC(C)CS(=O)(=O)Nc1cc(F)cc(Cl)c1O. The first kappa shape index (κ1) is 14.1. The Morgan fingerprint density at radius 1 is 1.47 bits per heavy atom. The van der Waals surface area contributed by atoms with Crippen LogP contribution in [0.5, 0.6) is 5.75 Å². The lowest BCUT2D eigenvalue weighted by atomic mass is 10.3. The van der Waals surface area contributed by atoms with Crippen molar-refractivity contribution >= 4 is 27.3 Å². The van der Waals surface area contributed by atoms with Gasteiger partial charge in [0.05, 0.1) is 16.5 Å². The number of hydrogen-bond donors (Lipinski definition) is 2. The summed E-state index contributed by atoms with van der Waals surface area (Å²) in [6, 6.07) is 1.77. The average molecular weight is 282 g/mol. The normalized spacial score (nSPS) is 11.8. The van der Waals surface area contributed by atoms with Crippen molar-refractivity contribution in [2.75, 3.05) is 10.5 Å². The Kier molecular flexibility index (Phi) is 4.21. The molecule has 1 aromatic carbocycles. The molecule has 0 saturated carbocycles. The molecule has 0 radical (unpaired) electrons. The molecule has 17 heavy (non-hydrogen) atoms. The van der Waals surface area contributed by atoms with Crippen LogP contribution in [0, 0.1) is 11.7 Å². The van der Waals surface area contributed by atoms with Crippen LogP contribution in [0.4, 0.5) is 10.1 Å². The molecule has 1 aromatic rings. The van der Waals surface area contributed by atoms with Crippen LogP contribution in [0.15, 0.2) is 12.1 Å². The molecule has 7 heteroatoms. The van der Waals surface area contributed by atoms with Crippen LogP contribution in [0.25, 0.3) is 0 Å². The van der Waals surface area contributed by atoms with Crippen LogP contribution in [-0.4, -0.2) is 19.3 Å². The van der Waals surface area contributed by atoms with Crippen molar-refractivity contribution in [2.24, 2.45) is 5.92 Å². The van der Waals surface area contributed by atoms with Gasteiger partial charge in [0.2, 0.25) is 10.0 Å². The molecular weight excluding hydrogens is 269 g/mol. The summed E-state index contributed by atoms with van der Waals surface area (Å²) >= 11 is 5.53. The second-order valence-corrected chi connectivity index (χ2v) is 6.24. The smallest absolute Gasteiger partial charge is 0.233 e. The predicted molar refractivity (Wildman–Crippen MR) is 65.3 cm³/mol. The van der Waals surface area contributed by atoms with E-state index in [1.165, 1.54) is 0 Å². The molecule has 96 valence electrons. The van der Waals surface area contributed by atoms with E-state index in [0.29, 0.717) is 0 Å². The lowest BCUT2D eigenvalue weighted by molar-refractivity contribution is 0.476. The minimum Gasteiger partial charge on any atom is -0.504 e. The fourth-order valence-electron chi connectivity index (χ4n) is 1.29. The van der Waals surface area contributed by atoms with Crippen LogP contribution in [0.3, 0.4) is 0 Å². The van der Waals surface area contributed by atoms with Gasteiger partial charge in [-0.05, 0) is 12.0 Å². The molecule has 4 nitrogen and oxygen atoms in total. The van der Waals surface area contributed by atoms with Crippen LogP contribution < -0.4 is 4.72 Å². The lowest BCUT2D eigenvalue weighted by Crippen LogP contribution is -2.20. The Labute approximate surface area is 104 Å². The molecule has 0 atom stereocenters. The lowest BCUT2D eigenvalue weighted by Gasteiger charge is -2.11. The van der Waals surface area contributed by atoms with Crippen molar-refractivity contribution in [3.05, 3.63) is 23.0 Å². The summed E-state index contributed by atoms with van der Waals surface area (Å²) in [4.78, 5) is 0. The number of hydrogen-bond acceptors (Lipinski definition) is 3. The molecule has 2 N–H and O–H groups in total. The number of aromatic hydroxyl groups is 1. The van der Waals surface area contributed by atoms with E-state index in [1.807, 2.05) is 0 Å². The van der Waals surface area contributed by atoms with E-state index in [-0.39, 0.29) is 22.4 Å². The summed E-state index contributed by atoms with van der Waals surface area (Å²) in [5.41, 5.74) is -0.254. The fourth-order valence-corrected chi connectivity index (χ4v) is 2.95. The molecule has 0 saturated heterocycles. The summed E-state index contributed by atoms with van der Waals surface area (Å²) in [5, 5.41) is 9.25. The van der Waals surface area contributed by atoms with E-state index in [9.17, 15) is 17.9 Å². The zero-order valence-corrected chi connectivity index (χ0v) is 10.9. The summed E-state index contributed by atoms with van der Waals surface area (Å²) in [7, 11) is -3.63. The number of rotatable bonds is 4. The molecule has 0 aromatic heterocycles. The van der Waals surface area contributed by atoms with E-state index in [0.717, 1.165) is 12.1 Å². The van der Waals surface area contributed by atoms with Gasteiger partial charge < -0.3 is 5.11 Å². The molecular formula is C10H13ClFNO3S. The number of halogens is 2. The van der Waals surface area contributed by atoms with E-state index < -0.39 is 21.6 Å². The highest BCUT2D eigenvalue weighted by molar-refractivity contribution is 7.92. The molecule has 0 fully saturated rings. The number of nitrogens with one attached hydrogen (secondary N) is 1. The van der Waals surface area contributed by atoms with Gasteiger partial charge in [0.15, 0.2) is 5.75 Å². The second-order valence-electron chi connectivity index (χ2n) is 4.06. The maximum Gasteiger partial charge on any atom is 0.233 e. The van der Waals surface area contributed by atoms with Crippen molar-refractivity contribution in [1.29, 1.82) is 0 Å². The summed E-state index contributed by atoms with van der Waals surface area (Å²) < 4.78 is 38.3. The largest absolute Gasteiger partial charge is 0.504 e. The molecule has 0 unspecified atom stereocenters. The van der Waals surface area contributed by atoms with Crippen molar-refractivity contribution in [3.8, 4) is 5.75 Å². The van der Waals surface area contributed by atoms with E-state index in [4.69, 9.17) is 11.6 Å². The highest BCUT2D eigenvalue weighted by Gasteiger charge is 2.17. The molecule has 1 rings (SSSR count). The first-order valence-electron chi connectivity index (χ1n) is 4.90.